The number of esters is 2. The first kappa shape index (κ1) is 29.1. The molecule has 3 atom stereocenters. The van der Waals surface area contributed by atoms with Gasteiger partial charge in [0.2, 0.25) is 15.8 Å². The van der Waals surface area contributed by atoms with Gasteiger partial charge < -0.3 is 39.2 Å². The van der Waals surface area contributed by atoms with Gasteiger partial charge in [0.1, 0.15) is 11.5 Å². The number of para-hydroxylation sites is 2. The number of aliphatic hydroxyl groups is 2. The molecule has 0 radical (unpaired) electrons. The Bertz CT molecular complexity index is 1280. The highest BCUT2D eigenvalue weighted by Crippen LogP contribution is 2.46. The van der Waals surface area contributed by atoms with Gasteiger partial charge >= 0.3 is 11.9 Å². The zero-order valence-electron chi connectivity index (χ0n) is 21.0. The van der Waals surface area contributed by atoms with Crippen LogP contribution >= 0.6 is 0 Å². The molecule has 2 unspecified atom stereocenters. The van der Waals surface area contributed by atoms with Crippen molar-refractivity contribution in [3.8, 4) is 28.7 Å². The lowest BCUT2D eigenvalue weighted by molar-refractivity contribution is -0.164. The SMILES string of the molecule is CCOc1ccccc1OCCN[C@H](C)Cc1cc(S(N)(=O)=O)c(OC)c2c1OC(=O)C(O)C(O)C(=O)O2. The molecule has 14 heteroatoms. The van der Waals surface area contributed by atoms with Crippen LogP contribution in [0.5, 0.6) is 28.7 Å². The smallest absolute Gasteiger partial charge is 0.344 e. The summed E-state index contributed by atoms with van der Waals surface area (Å²) >= 11 is 0. The van der Waals surface area contributed by atoms with Crippen molar-refractivity contribution < 1.29 is 51.9 Å². The van der Waals surface area contributed by atoms with Gasteiger partial charge in [-0.15, -0.1) is 0 Å². The van der Waals surface area contributed by atoms with Crippen molar-refractivity contribution in [1.29, 1.82) is 0 Å². The average molecular weight is 555 g/mol. The zero-order valence-corrected chi connectivity index (χ0v) is 21.8. The summed E-state index contributed by atoms with van der Waals surface area (Å²) in [5.41, 5.74) is 0.108. The molecule has 5 N–H and O–H groups in total. The fourth-order valence-corrected chi connectivity index (χ4v) is 4.44. The van der Waals surface area contributed by atoms with Gasteiger partial charge in [0.25, 0.3) is 0 Å². The largest absolute Gasteiger partial charge is 0.491 e. The summed E-state index contributed by atoms with van der Waals surface area (Å²) in [6, 6.07) is 8.00. The molecule has 3 rings (SSSR count). The molecule has 13 nitrogen and oxygen atoms in total. The molecule has 0 fully saturated rings. The van der Waals surface area contributed by atoms with Crippen LogP contribution in [0.3, 0.4) is 0 Å². The van der Waals surface area contributed by atoms with Crippen LogP contribution in [-0.4, -0.2) is 75.7 Å². The Labute approximate surface area is 219 Å². The molecule has 0 amide bonds. The lowest BCUT2D eigenvalue weighted by atomic mass is 10.0. The maximum atomic E-state index is 12.4. The first-order valence-electron chi connectivity index (χ1n) is 11.6. The number of hydrogen-bond acceptors (Lipinski definition) is 12. The zero-order chi connectivity index (χ0) is 28.0. The van der Waals surface area contributed by atoms with E-state index in [0.29, 0.717) is 24.7 Å². The number of primary sulfonamides is 1. The van der Waals surface area contributed by atoms with Crippen molar-refractivity contribution in [3.05, 3.63) is 35.9 Å². The molecular formula is C24H30N2O11S. The van der Waals surface area contributed by atoms with Crippen molar-refractivity contribution in [1.82, 2.24) is 5.32 Å². The number of rotatable bonds is 11. The number of methoxy groups -OCH3 is 1. The predicted molar refractivity (Wildman–Crippen MR) is 132 cm³/mol. The van der Waals surface area contributed by atoms with E-state index in [9.17, 15) is 28.2 Å². The minimum absolute atomic E-state index is 0.0634. The Morgan fingerprint density at radius 2 is 1.63 bits per heavy atom. The van der Waals surface area contributed by atoms with Gasteiger partial charge in [-0.1, -0.05) is 12.1 Å². The third-order valence-corrected chi connectivity index (χ3v) is 6.38. The first-order valence-corrected chi connectivity index (χ1v) is 13.2. The summed E-state index contributed by atoms with van der Waals surface area (Å²) in [6.07, 6.45) is -4.43. The van der Waals surface area contributed by atoms with Gasteiger partial charge in [0.15, 0.2) is 35.2 Å². The van der Waals surface area contributed by atoms with Crippen LogP contribution in [0.2, 0.25) is 0 Å². The third-order valence-electron chi connectivity index (χ3n) is 5.46. The average Bonchev–Trinajstić information content (AvgIpc) is 2.87. The van der Waals surface area contributed by atoms with Gasteiger partial charge in [-0.05, 0) is 38.5 Å². The molecule has 0 aliphatic carbocycles. The van der Waals surface area contributed by atoms with Gasteiger partial charge in [-0.3, -0.25) is 0 Å². The predicted octanol–water partition coefficient (Wildman–Crippen LogP) is -0.113. The molecule has 0 aromatic heterocycles. The molecule has 0 spiro atoms. The fourth-order valence-electron chi connectivity index (χ4n) is 3.70. The number of nitrogens with one attached hydrogen (secondary N) is 1. The highest BCUT2D eigenvalue weighted by atomic mass is 32.2. The van der Waals surface area contributed by atoms with E-state index < -0.39 is 50.6 Å². The number of sulfonamides is 1. The monoisotopic (exact) mass is 554 g/mol. The van der Waals surface area contributed by atoms with E-state index in [4.69, 9.17) is 28.8 Å². The fraction of sp³-hybridized carbons (Fsp3) is 0.417. The summed E-state index contributed by atoms with van der Waals surface area (Å²) in [5.74, 6) is -2.99. The molecule has 0 bridgehead atoms. The van der Waals surface area contributed by atoms with Gasteiger partial charge in [-0.2, -0.15) is 0 Å². The van der Waals surface area contributed by atoms with E-state index >= 15 is 0 Å². The lowest BCUT2D eigenvalue weighted by Crippen LogP contribution is -2.45. The highest BCUT2D eigenvalue weighted by molar-refractivity contribution is 7.89. The number of aliphatic hydroxyl groups excluding tert-OH is 2. The summed E-state index contributed by atoms with van der Waals surface area (Å²) in [6.45, 7) is 4.77. The van der Waals surface area contributed by atoms with Crippen molar-refractivity contribution in [3.63, 3.8) is 0 Å². The van der Waals surface area contributed by atoms with Crippen LogP contribution in [0.25, 0.3) is 0 Å². The molecule has 0 saturated heterocycles. The van der Waals surface area contributed by atoms with E-state index in [2.05, 4.69) is 5.32 Å². The van der Waals surface area contributed by atoms with E-state index in [-0.39, 0.29) is 30.4 Å². The second-order valence-corrected chi connectivity index (χ2v) is 9.82. The normalized spacial score (nSPS) is 18.4. The Balaban J connectivity index is 1.85. The lowest BCUT2D eigenvalue weighted by Gasteiger charge is -2.25. The van der Waals surface area contributed by atoms with Crippen LogP contribution in [0.4, 0.5) is 0 Å². The van der Waals surface area contributed by atoms with Crippen molar-refractivity contribution >= 4 is 22.0 Å². The van der Waals surface area contributed by atoms with Gasteiger partial charge in [0, 0.05) is 18.2 Å². The quantitative estimate of drug-likeness (QED) is 0.164. The second-order valence-electron chi connectivity index (χ2n) is 8.29. The van der Waals surface area contributed by atoms with Crippen LogP contribution in [0.1, 0.15) is 19.4 Å². The minimum Gasteiger partial charge on any atom is -0.491 e. The standard InChI is InChI=1S/C24H30N2O11S/c1-4-34-15-7-5-6-8-16(15)35-10-9-26-13(2)11-14-12-17(38(25,31)32)21(33-3)22-20(14)36-23(29)18(27)19(28)24(30)37-22/h5-8,12-13,18-19,26-28H,4,9-11H2,1-3H3,(H2,25,31,32)/t13-,18?,19?/m1/s1. The Morgan fingerprint density at radius 1 is 1.05 bits per heavy atom. The first-order chi connectivity index (χ1) is 18.0. The number of carbonyl (C=O) groups excluding carboxylic acids is 2. The number of fused-ring (bicyclic) bond motifs is 1. The molecule has 1 aliphatic rings. The Morgan fingerprint density at radius 3 is 2.18 bits per heavy atom. The number of hydrogen-bond donors (Lipinski definition) is 4. The van der Waals surface area contributed by atoms with E-state index in [1.54, 1.807) is 19.1 Å². The van der Waals surface area contributed by atoms with Crippen LogP contribution < -0.4 is 34.1 Å². The van der Waals surface area contributed by atoms with E-state index in [1.165, 1.54) is 0 Å². The maximum absolute atomic E-state index is 12.4. The summed E-state index contributed by atoms with van der Waals surface area (Å²) in [7, 11) is -3.30. The van der Waals surface area contributed by atoms with Crippen LogP contribution in [-0.2, 0) is 26.0 Å². The van der Waals surface area contributed by atoms with Gasteiger partial charge in [0.05, 0.1) is 13.7 Å². The molecule has 2 aromatic rings. The summed E-state index contributed by atoms with van der Waals surface area (Å²) in [5, 5.41) is 28.3. The molecule has 1 heterocycles. The Hall–Kier alpha value is -3.43. The van der Waals surface area contributed by atoms with E-state index in [1.807, 2.05) is 19.1 Å². The highest BCUT2D eigenvalue weighted by Gasteiger charge is 2.40. The number of ether oxygens (including phenoxy) is 5. The van der Waals surface area contributed by atoms with Crippen molar-refractivity contribution in [2.75, 3.05) is 26.9 Å². The van der Waals surface area contributed by atoms with Crippen molar-refractivity contribution in [2.24, 2.45) is 5.14 Å². The molecular weight excluding hydrogens is 524 g/mol. The second kappa shape index (κ2) is 12.4. The number of benzene rings is 2. The molecule has 0 saturated carbocycles. The van der Waals surface area contributed by atoms with Gasteiger partial charge in [-0.25, -0.2) is 23.1 Å². The molecule has 208 valence electrons. The third kappa shape index (κ3) is 6.71. The summed E-state index contributed by atoms with van der Waals surface area (Å²) < 4.78 is 51.3. The van der Waals surface area contributed by atoms with Crippen LogP contribution in [0, 0.1) is 0 Å². The van der Waals surface area contributed by atoms with Crippen molar-refractivity contribution in [2.45, 2.75) is 43.4 Å². The molecule has 2 aromatic carbocycles. The number of carbonyl (C=O) groups is 2. The number of nitrogens with two attached hydrogens (primary N) is 1. The topological polar surface area (TPSA) is 193 Å². The molecule has 38 heavy (non-hydrogen) atoms. The molecule has 1 aliphatic heterocycles. The minimum atomic E-state index is -4.40. The summed E-state index contributed by atoms with van der Waals surface area (Å²) in [4.78, 5) is 24.1. The Kier molecular flexibility index (Phi) is 9.51. The maximum Gasteiger partial charge on any atom is 0.344 e. The van der Waals surface area contributed by atoms with E-state index in [0.717, 1.165) is 13.2 Å². The van der Waals surface area contributed by atoms with Crippen LogP contribution in [0.15, 0.2) is 35.2 Å².